The first kappa shape index (κ1) is 17.0. The first-order valence-electron chi connectivity index (χ1n) is 8.02. The van der Waals surface area contributed by atoms with Gasteiger partial charge in [-0.3, -0.25) is 9.59 Å². The van der Waals surface area contributed by atoms with Crippen molar-refractivity contribution in [1.29, 1.82) is 0 Å². The van der Waals surface area contributed by atoms with Crippen LogP contribution in [-0.2, 0) is 11.4 Å². The zero-order valence-corrected chi connectivity index (χ0v) is 13.5. The number of piperidine rings is 1. The van der Waals surface area contributed by atoms with Gasteiger partial charge in [-0.1, -0.05) is 0 Å². The van der Waals surface area contributed by atoms with Crippen molar-refractivity contribution < 1.29 is 28.2 Å². The largest absolute Gasteiger partial charge is 0.486 e. The van der Waals surface area contributed by atoms with Gasteiger partial charge >= 0.3 is 5.97 Å². The number of hydrogen-bond donors (Lipinski definition) is 1. The van der Waals surface area contributed by atoms with E-state index in [0.717, 1.165) is 0 Å². The summed E-state index contributed by atoms with van der Waals surface area (Å²) < 4.78 is 23.8. The van der Waals surface area contributed by atoms with Crippen LogP contribution in [0, 0.1) is 11.7 Å². The maximum Gasteiger partial charge on any atom is 0.308 e. The van der Waals surface area contributed by atoms with Gasteiger partial charge in [-0.15, -0.1) is 0 Å². The third kappa shape index (κ3) is 4.17. The van der Waals surface area contributed by atoms with Crippen LogP contribution in [0.25, 0.3) is 0 Å². The second-order valence-electron chi connectivity index (χ2n) is 5.94. The minimum absolute atomic E-state index is 0.108. The standard InChI is InChI=1S/C18H18FNO5/c19-13-3-5-14(6-4-13)24-11-15-7-8-16(25-15)17(21)20-9-1-2-12(10-20)18(22)23/h3-8,12H,1-2,9-11H2,(H,22,23)/t12-/m0/s1. The van der Waals surface area contributed by atoms with Gasteiger partial charge in [-0.25, -0.2) is 4.39 Å². The van der Waals surface area contributed by atoms with Crippen LogP contribution in [0.4, 0.5) is 4.39 Å². The van der Waals surface area contributed by atoms with Crippen LogP contribution >= 0.6 is 0 Å². The van der Waals surface area contributed by atoms with Crippen molar-refractivity contribution in [3.05, 3.63) is 53.7 Å². The molecule has 1 saturated heterocycles. The van der Waals surface area contributed by atoms with Gasteiger partial charge in [0.2, 0.25) is 0 Å². The van der Waals surface area contributed by atoms with Gasteiger partial charge in [-0.2, -0.15) is 0 Å². The van der Waals surface area contributed by atoms with E-state index in [2.05, 4.69) is 0 Å². The molecule has 0 saturated carbocycles. The molecule has 3 rings (SSSR count). The summed E-state index contributed by atoms with van der Waals surface area (Å²) in [7, 11) is 0. The minimum Gasteiger partial charge on any atom is -0.486 e. The highest BCUT2D eigenvalue weighted by Crippen LogP contribution is 2.20. The molecule has 1 N–H and O–H groups in total. The van der Waals surface area contributed by atoms with Crippen LogP contribution in [0.1, 0.15) is 29.2 Å². The first-order chi connectivity index (χ1) is 12.0. The molecule has 1 aromatic heterocycles. The summed E-state index contributed by atoms with van der Waals surface area (Å²) in [5.74, 6) is -0.980. The topological polar surface area (TPSA) is 80.0 Å². The van der Waals surface area contributed by atoms with Gasteiger partial charge in [0.1, 0.15) is 23.9 Å². The van der Waals surface area contributed by atoms with Crippen molar-refractivity contribution in [2.75, 3.05) is 13.1 Å². The fraction of sp³-hybridized carbons (Fsp3) is 0.333. The molecular formula is C18H18FNO5. The van der Waals surface area contributed by atoms with E-state index in [1.807, 2.05) is 0 Å². The molecule has 1 amide bonds. The number of amides is 1. The Morgan fingerprint density at radius 1 is 1.24 bits per heavy atom. The lowest BCUT2D eigenvalue weighted by atomic mass is 9.98. The van der Waals surface area contributed by atoms with Crippen molar-refractivity contribution in [1.82, 2.24) is 4.90 Å². The Morgan fingerprint density at radius 2 is 2.00 bits per heavy atom. The Labute approximate surface area is 143 Å². The zero-order chi connectivity index (χ0) is 17.8. The summed E-state index contributed by atoms with van der Waals surface area (Å²) in [5.41, 5.74) is 0. The van der Waals surface area contributed by atoms with Gasteiger partial charge in [0.25, 0.3) is 5.91 Å². The lowest BCUT2D eigenvalue weighted by molar-refractivity contribution is -0.143. The molecule has 1 aliphatic rings. The van der Waals surface area contributed by atoms with E-state index >= 15 is 0 Å². The number of carboxylic acids is 1. The number of aliphatic carboxylic acids is 1. The number of carbonyl (C=O) groups excluding carboxylic acids is 1. The van der Waals surface area contributed by atoms with Crippen LogP contribution in [0.5, 0.6) is 5.75 Å². The van der Waals surface area contributed by atoms with E-state index < -0.39 is 11.9 Å². The normalized spacial score (nSPS) is 17.3. The molecule has 1 atom stereocenters. The van der Waals surface area contributed by atoms with E-state index in [0.29, 0.717) is 30.9 Å². The zero-order valence-electron chi connectivity index (χ0n) is 13.5. The number of hydrogen-bond acceptors (Lipinski definition) is 4. The molecule has 7 heteroatoms. The highest BCUT2D eigenvalue weighted by Gasteiger charge is 2.29. The molecule has 1 aliphatic heterocycles. The minimum atomic E-state index is -0.884. The predicted octanol–water partition coefficient (Wildman–Crippen LogP) is 2.93. The van der Waals surface area contributed by atoms with E-state index in [4.69, 9.17) is 14.3 Å². The van der Waals surface area contributed by atoms with Crippen molar-refractivity contribution in [3.8, 4) is 5.75 Å². The summed E-state index contributed by atoms with van der Waals surface area (Å²) >= 11 is 0. The summed E-state index contributed by atoms with van der Waals surface area (Å²) in [4.78, 5) is 25.1. The van der Waals surface area contributed by atoms with Crippen LogP contribution in [0.3, 0.4) is 0 Å². The predicted molar refractivity (Wildman–Crippen MR) is 85.7 cm³/mol. The number of benzene rings is 1. The van der Waals surface area contributed by atoms with E-state index in [-0.39, 0.29) is 30.6 Å². The number of carboxylic acid groups (broad SMARTS) is 1. The van der Waals surface area contributed by atoms with Crippen LogP contribution in [-0.4, -0.2) is 35.0 Å². The number of rotatable bonds is 5. The second-order valence-corrected chi connectivity index (χ2v) is 5.94. The van der Waals surface area contributed by atoms with Crippen LogP contribution in [0.2, 0.25) is 0 Å². The van der Waals surface area contributed by atoms with Gasteiger partial charge < -0.3 is 19.2 Å². The molecule has 1 fully saturated rings. The van der Waals surface area contributed by atoms with E-state index in [1.165, 1.54) is 29.2 Å². The van der Waals surface area contributed by atoms with Gasteiger partial charge in [0.15, 0.2) is 5.76 Å². The number of nitrogens with zero attached hydrogens (tertiary/aromatic N) is 1. The second kappa shape index (κ2) is 7.38. The average molecular weight is 347 g/mol. The quantitative estimate of drug-likeness (QED) is 0.899. The monoisotopic (exact) mass is 347 g/mol. The first-order valence-corrected chi connectivity index (χ1v) is 8.02. The molecule has 6 nitrogen and oxygen atoms in total. The summed E-state index contributed by atoms with van der Waals surface area (Å²) in [6.45, 7) is 0.817. The molecule has 0 spiro atoms. The van der Waals surface area contributed by atoms with Crippen LogP contribution in [0.15, 0.2) is 40.8 Å². The van der Waals surface area contributed by atoms with E-state index in [9.17, 15) is 14.0 Å². The van der Waals surface area contributed by atoms with Crippen molar-refractivity contribution in [2.24, 2.45) is 5.92 Å². The molecular weight excluding hydrogens is 329 g/mol. The van der Waals surface area contributed by atoms with Gasteiger partial charge in [0, 0.05) is 13.1 Å². The maximum absolute atomic E-state index is 12.8. The molecule has 0 aliphatic carbocycles. The van der Waals surface area contributed by atoms with Gasteiger partial charge in [-0.05, 0) is 49.2 Å². The van der Waals surface area contributed by atoms with Crippen molar-refractivity contribution in [3.63, 3.8) is 0 Å². The summed E-state index contributed by atoms with van der Waals surface area (Å²) in [5, 5.41) is 9.11. The highest BCUT2D eigenvalue weighted by molar-refractivity contribution is 5.92. The fourth-order valence-electron chi connectivity index (χ4n) is 2.77. The van der Waals surface area contributed by atoms with Crippen LogP contribution < -0.4 is 4.74 Å². The molecule has 0 unspecified atom stereocenters. The average Bonchev–Trinajstić information content (AvgIpc) is 3.09. The Bertz CT molecular complexity index is 755. The van der Waals surface area contributed by atoms with E-state index in [1.54, 1.807) is 12.1 Å². The smallest absolute Gasteiger partial charge is 0.308 e. The lowest BCUT2D eigenvalue weighted by Gasteiger charge is -2.29. The summed E-state index contributed by atoms with van der Waals surface area (Å²) in [6.07, 6.45) is 1.23. The Hall–Kier alpha value is -2.83. The Kier molecular flexibility index (Phi) is 5.02. The Balaban J connectivity index is 1.59. The Morgan fingerprint density at radius 3 is 2.72 bits per heavy atom. The molecule has 0 radical (unpaired) electrons. The molecule has 25 heavy (non-hydrogen) atoms. The number of furan rings is 1. The highest BCUT2D eigenvalue weighted by atomic mass is 19.1. The molecule has 2 heterocycles. The summed E-state index contributed by atoms with van der Waals surface area (Å²) in [6, 6.07) is 8.78. The third-order valence-corrected chi connectivity index (χ3v) is 4.13. The fourth-order valence-corrected chi connectivity index (χ4v) is 2.77. The van der Waals surface area contributed by atoms with Crippen molar-refractivity contribution in [2.45, 2.75) is 19.4 Å². The number of likely N-dealkylation sites (tertiary alicyclic amines) is 1. The maximum atomic E-state index is 12.8. The number of halogens is 1. The number of ether oxygens (including phenoxy) is 1. The SMILES string of the molecule is O=C(O)[C@H]1CCCN(C(=O)c2ccc(COc3ccc(F)cc3)o2)C1. The molecule has 0 bridgehead atoms. The van der Waals surface area contributed by atoms with Crippen molar-refractivity contribution >= 4 is 11.9 Å². The number of carbonyl (C=O) groups is 2. The molecule has 132 valence electrons. The molecule has 2 aromatic rings. The third-order valence-electron chi connectivity index (χ3n) is 4.13. The lowest BCUT2D eigenvalue weighted by Crippen LogP contribution is -2.42. The molecule has 1 aromatic carbocycles. The van der Waals surface area contributed by atoms with Gasteiger partial charge in [0.05, 0.1) is 5.92 Å².